The highest BCUT2D eigenvalue weighted by molar-refractivity contribution is 5.29. The van der Waals surface area contributed by atoms with Gasteiger partial charge in [-0.3, -0.25) is 0 Å². The summed E-state index contributed by atoms with van der Waals surface area (Å²) in [4.78, 5) is 3.30. The van der Waals surface area contributed by atoms with Gasteiger partial charge in [-0.25, -0.2) is 0 Å². The van der Waals surface area contributed by atoms with Gasteiger partial charge < -0.3 is 15.8 Å². The van der Waals surface area contributed by atoms with E-state index < -0.39 is 0 Å². The Morgan fingerprint density at radius 1 is 1.46 bits per heavy atom. The average Bonchev–Trinajstić information content (AvgIpc) is 2.59. The summed E-state index contributed by atoms with van der Waals surface area (Å²) in [6, 6.07) is 1.86. The Morgan fingerprint density at radius 3 is 2.92 bits per heavy atom. The molecular formula is C10H16N2O. The first-order chi connectivity index (χ1) is 6.31. The normalized spacial score (nSPS) is 18.3. The van der Waals surface area contributed by atoms with Gasteiger partial charge in [0.1, 0.15) is 0 Å². The van der Waals surface area contributed by atoms with E-state index in [-0.39, 0.29) is 12.6 Å². The summed E-state index contributed by atoms with van der Waals surface area (Å²) in [5, 5.41) is 8.90. The Kier molecular flexibility index (Phi) is 2.38. The quantitative estimate of drug-likeness (QED) is 0.633. The molecule has 0 radical (unpaired) electrons. The van der Waals surface area contributed by atoms with Gasteiger partial charge in [-0.15, -0.1) is 0 Å². The van der Waals surface area contributed by atoms with Crippen molar-refractivity contribution in [3.63, 3.8) is 0 Å². The molecule has 0 saturated heterocycles. The van der Waals surface area contributed by atoms with Gasteiger partial charge >= 0.3 is 0 Å². The number of fused-ring (bicyclic) bond motifs is 1. The first-order valence-corrected chi connectivity index (χ1v) is 4.88. The van der Waals surface area contributed by atoms with Gasteiger partial charge in [-0.05, 0) is 37.3 Å². The van der Waals surface area contributed by atoms with Crippen LogP contribution < -0.4 is 5.73 Å². The van der Waals surface area contributed by atoms with Crippen LogP contribution in [0.4, 0.5) is 0 Å². The van der Waals surface area contributed by atoms with Crippen molar-refractivity contribution < 1.29 is 5.11 Å². The number of nitrogens with one attached hydrogen (secondary N) is 1. The minimum atomic E-state index is -0.245. The molecule has 13 heavy (non-hydrogen) atoms. The molecular weight excluding hydrogens is 164 g/mol. The number of hydrogen-bond donors (Lipinski definition) is 3. The Labute approximate surface area is 78.0 Å². The fourth-order valence-electron chi connectivity index (χ4n) is 1.93. The van der Waals surface area contributed by atoms with E-state index in [0.29, 0.717) is 0 Å². The summed E-state index contributed by atoms with van der Waals surface area (Å²) in [7, 11) is 0. The van der Waals surface area contributed by atoms with Crippen LogP contribution in [0.5, 0.6) is 0 Å². The highest BCUT2D eigenvalue weighted by atomic mass is 16.3. The average molecular weight is 180 g/mol. The molecule has 3 nitrogen and oxygen atoms in total. The van der Waals surface area contributed by atoms with E-state index in [0.717, 1.165) is 18.5 Å². The zero-order chi connectivity index (χ0) is 9.26. The number of rotatable bonds is 2. The molecule has 0 unspecified atom stereocenters. The van der Waals surface area contributed by atoms with E-state index in [1.807, 2.05) is 0 Å². The third kappa shape index (κ3) is 1.62. The van der Waals surface area contributed by atoms with Crippen molar-refractivity contribution in [2.24, 2.45) is 5.73 Å². The number of hydrogen-bond acceptors (Lipinski definition) is 2. The molecule has 1 aliphatic carbocycles. The van der Waals surface area contributed by atoms with Crippen molar-refractivity contribution in [1.29, 1.82) is 0 Å². The molecule has 1 aliphatic rings. The Balaban J connectivity index is 2.25. The summed E-state index contributed by atoms with van der Waals surface area (Å²) >= 11 is 0. The first-order valence-electron chi connectivity index (χ1n) is 4.88. The van der Waals surface area contributed by atoms with Gasteiger partial charge in [0.05, 0.1) is 12.6 Å². The molecule has 0 spiro atoms. The molecule has 0 amide bonds. The maximum absolute atomic E-state index is 8.90. The van der Waals surface area contributed by atoms with Gasteiger partial charge in [-0.1, -0.05) is 0 Å². The number of aromatic amines is 1. The van der Waals surface area contributed by atoms with Crippen LogP contribution in [0.1, 0.15) is 35.8 Å². The Morgan fingerprint density at radius 2 is 2.23 bits per heavy atom. The Hall–Kier alpha value is -0.800. The predicted molar refractivity (Wildman–Crippen MR) is 51.4 cm³/mol. The molecule has 0 aromatic carbocycles. The van der Waals surface area contributed by atoms with Crippen LogP contribution in [-0.4, -0.2) is 16.7 Å². The molecule has 4 N–H and O–H groups in total. The lowest BCUT2D eigenvalue weighted by Gasteiger charge is -2.09. The van der Waals surface area contributed by atoms with Crippen LogP contribution in [0.2, 0.25) is 0 Å². The molecule has 1 aromatic rings. The monoisotopic (exact) mass is 180 g/mol. The molecule has 0 saturated carbocycles. The second-order valence-electron chi connectivity index (χ2n) is 3.72. The summed E-state index contributed by atoms with van der Waals surface area (Å²) in [5.74, 6) is 0. The third-order valence-electron chi connectivity index (χ3n) is 2.73. The van der Waals surface area contributed by atoms with E-state index in [4.69, 9.17) is 10.8 Å². The van der Waals surface area contributed by atoms with Gasteiger partial charge in [0.25, 0.3) is 0 Å². The number of aromatic nitrogens is 1. The number of H-pyrrole nitrogens is 1. The van der Waals surface area contributed by atoms with E-state index in [1.54, 1.807) is 0 Å². The zero-order valence-electron chi connectivity index (χ0n) is 7.71. The second kappa shape index (κ2) is 3.52. The molecule has 1 heterocycles. The van der Waals surface area contributed by atoms with Gasteiger partial charge in [0, 0.05) is 11.4 Å². The lowest BCUT2D eigenvalue weighted by atomic mass is 9.98. The second-order valence-corrected chi connectivity index (χ2v) is 3.72. The van der Waals surface area contributed by atoms with Crippen LogP contribution in [0, 0.1) is 0 Å². The van der Waals surface area contributed by atoms with E-state index >= 15 is 0 Å². The largest absolute Gasteiger partial charge is 0.394 e. The van der Waals surface area contributed by atoms with Gasteiger partial charge in [-0.2, -0.15) is 0 Å². The SMILES string of the molecule is N[C@@H](CO)c1cc2c([nH]1)CCCC2. The molecule has 1 aromatic heterocycles. The van der Waals surface area contributed by atoms with Gasteiger partial charge in [0.15, 0.2) is 0 Å². The Bertz CT molecular complexity index is 270. The summed E-state index contributed by atoms with van der Waals surface area (Å²) in [6.07, 6.45) is 4.83. The maximum atomic E-state index is 8.90. The van der Waals surface area contributed by atoms with Crippen molar-refractivity contribution in [2.45, 2.75) is 31.7 Å². The van der Waals surface area contributed by atoms with Crippen LogP contribution >= 0.6 is 0 Å². The minimum Gasteiger partial charge on any atom is -0.394 e. The lowest BCUT2D eigenvalue weighted by Crippen LogP contribution is -2.14. The molecule has 0 aliphatic heterocycles. The van der Waals surface area contributed by atoms with Crippen molar-refractivity contribution in [3.8, 4) is 0 Å². The van der Waals surface area contributed by atoms with Crippen molar-refractivity contribution in [2.75, 3.05) is 6.61 Å². The smallest absolute Gasteiger partial charge is 0.0682 e. The van der Waals surface area contributed by atoms with E-state index in [2.05, 4.69) is 11.1 Å². The first kappa shape index (κ1) is 8.78. The van der Waals surface area contributed by atoms with E-state index in [9.17, 15) is 0 Å². The van der Waals surface area contributed by atoms with Crippen LogP contribution in [0.25, 0.3) is 0 Å². The zero-order valence-corrected chi connectivity index (χ0v) is 7.71. The fourth-order valence-corrected chi connectivity index (χ4v) is 1.93. The summed E-state index contributed by atoms with van der Waals surface area (Å²) in [5.41, 5.74) is 9.42. The lowest BCUT2D eigenvalue weighted by molar-refractivity contribution is 0.266. The standard InChI is InChI=1S/C10H16N2O/c11-8(6-13)10-5-7-3-1-2-4-9(7)12-10/h5,8,12-13H,1-4,6,11H2/t8-/m0/s1. The minimum absolute atomic E-state index is 0.0133. The topological polar surface area (TPSA) is 62.0 Å². The molecule has 0 fully saturated rings. The molecule has 0 bridgehead atoms. The third-order valence-corrected chi connectivity index (χ3v) is 2.73. The van der Waals surface area contributed by atoms with E-state index in [1.165, 1.54) is 24.1 Å². The molecule has 3 heteroatoms. The highest BCUT2D eigenvalue weighted by Gasteiger charge is 2.15. The molecule has 72 valence electrons. The predicted octanol–water partition coefficient (Wildman–Crippen LogP) is 0.886. The fraction of sp³-hybridized carbons (Fsp3) is 0.600. The highest BCUT2D eigenvalue weighted by Crippen LogP contribution is 2.23. The molecule has 2 rings (SSSR count). The number of aliphatic hydroxyl groups excluding tert-OH is 1. The number of aliphatic hydroxyl groups is 1. The summed E-state index contributed by atoms with van der Waals surface area (Å²) in [6.45, 7) is 0.0133. The number of nitrogens with two attached hydrogens (primary N) is 1. The van der Waals surface area contributed by atoms with Crippen molar-refractivity contribution >= 4 is 0 Å². The molecule has 1 atom stereocenters. The van der Waals surface area contributed by atoms with Crippen molar-refractivity contribution in [3.05, 3.63) is 23.0 Å². The van der Waals surface area contributed by atoms with Crippen LogP contribution in [0.3, 0.4) is 0 Å². The van der Waals surface area contributed by atoms with Crippen LogP contribution in [-0.2, 0) is 12.8 Å². The van der Waals surface area contributed by atoms with Crippen LogP contribution in [0.15, 0.2) is 6.07 Å². The maximum Gasteiger partial charge on any atom is 0.0682 e. The van der Waals surface area contributed by atoms with Gasteiger partial charge in [0.2, 0.25) is 0 Å². The number of aryl methyl sites for hydroxylation is 2. The van der Waals surface area contributed by atoms with Crippen molar-refractivity contribution in [1.82, 2.24) is 4.98 Å². The summed E-state index contributed by atoms with van der Waals surface area (Å²) < 4.78 is 0.